The van der Waals surface area contributed by atoms with Crippen LogP contribution in [-0.2, 0) is 0 Å². The van der Waals surface area contributed by atoms with Crippen molar-refractivity contribution in [3.8, 4) is 0 Å². The Balaban J connectivity index is 1.86. The van der Waals surface area contributed by atoms with Crippen molar-refractivity contribution in [3.63, 3.8) is 0 Å². The fraction of sp³-hybridized carbons (Fsp3) is 0.333. The quantitative estimate of drug-likeness (QED) is 0.747. The van der Waals surface area contributed by atoms with Gasteiger partial charge in [-0.3, -0.25) is 9.78 Å². The van der Waals surface area contributed by atoms with E-state index in [-0.39, 0.29) is 5.78 Å². The van der Waals surface area contributed by atoms with Gasteiger partial charge in [0.1, 0.15) is 0 Å². The van der Waals surface area contributed by atoms with Gasteiger partial charge in [-0.05, 0) is 30.2 Å². The van der Waals surface area contributed by atoms with E-state index in [0.29, 0.717) is 12.3 Å². The van der Waals surface area contributed by atoms with Gasteiger partial charge in [-0.2, -0.15) is 0 Å². The zero-order valence-electron chi connectivity index (χ0n) is 9.73. The topological polar surface area (TPSA) is 30.0 Å². The van der Waals surface area contributed by atoms with Crippen LogP contribution in [0.4, 0.5) is 0 Å². The number of benzene rings is 1. The van der Waals surface area contributed by atoms with Gasteiger partial charge < -0.3 is 0 Å². The minimum absolute atomic E-state index is 0.278. The summed E-state index contributed by atoms with van der Waals surface area (Å²) in [7, 11) is 0. The number of fused-ring (bicyclic) bond motifs is 1. The summed E-state index contributed by atoms with van der Waals surface area (Å²) in [5, 5.41) is 1.05. The third-order valence-corrected chi connectivity index (χ3v) is 3.62. The maximum atomic E-state index is 12.1. The van der Waals surface area contributed by atoms with Gasteiger partial charge in [0, 0.05) is 23.6 Å². The molecule has 2 nitrogen and oxygen atoms in total. The molecule has 86 valence electrons. The first-order valence-corrected chi connectivity index (χ1v) is 6.21. The lowest BCUT2D eigenvalue weighted by Gasteiger charge is -2.24. The van der Waals surface area contributed by atoms with Crippen molar-refractivity contribution in [3.05, 3.63) is 42.1 Å². The zero-order chi connectivity index (χ0) is 11.7. The van der Waals surface area contributed by atoms with Crippen molar-refractivity contribution in [1.29, 1.82) is 0 Å². The maximum absolute atomic E-state index is 12.1. The van der Waals surface area contributed by atoms with Gasteiger partial charge in [-0.15, -0.1) is 0 Å². The largest absolute Gasteiger partial charge is 0.294 e. The Kier molecular flexibility index (Phi) is 2.63. The number of hydrogen-bond donors (Lipinski definition) is 0. The summed E-state index contributed by atoms with van der Waals surface area (Å²) in [6.45, 7) is 0. The number of rotatable bonds is 3. The molecule has 0 amide bonds. The van der Waals surface area contributed by atoms with Crippen LogP contribution in [0.15, 0.2) is 36.5 Å². The van der Waals surface area contributed by atoms with Gasteiger partial charge in [-0.25, -0.2) is 0 Å². The van der Waals surface area contributed by atoms with Crippen LogP contribution < -0.4 is 0 Å². The minimum atomic E-state index is 0.278. The molecule has 1 aromatic carbocycles. The van der Waals surface area contributed by atoms with E-state index in [2.05, 4.69) is 4.98 Å². The van der Waals surface area contributed by atoms with Crippen LogP contribution in [0.1, 0.15) is 36.0 Å². The molecule has 0 radical (unpaired) electrons. The number of aromatic nitrogens is 1. The molecule has 0 bridgehead atoms. The number of pyridine rings is 1. The lowest BCUT2D eigenvalue weighted by atomic mass is 9.81. The first-order valence-electron chi connectivity index (χ1n) is 6.21. The second-order valence-electron chi connectivity index (χ2n) is 4.84. The van der Waals surface area contributed by atoms with Crippen LogP contribution in [0.5, 0.6) is 0 Å². The van der Waals surface area contributed by atoms with E-state index >= 15 is 0 Å². The normalized spacial score (nSPS) is 15.8. The highest BCUT2D eigenvalue weighted by Gasteiger charge is 2.21. The predicted molar refractivity (Wildman–Crippen MR) is 68.0 cm³/mol. The monoisotopic (exact) mass is 225 g/mol. The molecule has 1 heterocycles. The van der Waals surface area contributed by atoms with Crippen LogP contribution in [0.3, 0.4) is 0 Å². The maximum Gasteiger partial charge on any atom is 0.163 e. The molecule has 17 heavy (non-hydrogen) atoms. The highest BCUT2D eigenvalue weighted by molar-refractivity contribution is 5.99. The van der Waals surface area contributed by atoms with Gasteiger partial charge in [0.25, 0.3) is 0 Å². The molecular weight excluding hydrogens is 210 g/mol. The molecule has 0 atom stereocenters. The van der Waals surface area contributed by atoms with Crippen LogP contribution >= 0.6 is 0 Å². The highest BCUT2D eigenvalue weighted by atomic mass is 16.1. The predicted octanol–water partition coefficient (Wildman–Crippen LogP) is 3.61. The van der Waals surface area contributed by atoms with Crippen molar-refractivity contribution in [2.45, 2.75) is 25.7 Å². The first kappa shape index (κ1) is 10.5. The fourth-order valence-electron chi connectivity index (χ4n) is 2.33. The Morgan fingerprint density at radius 1 is 1.29 bits per heavy atom. The molecule has 1 aliphatic rings. The first-order chi connectivity index (χ1) is 8.33. The van der Waals surface area contributed by atoms with Crippen molar-refractivity contribution < 1.29 is 4.79 Å². The standard InChI is InChI=1S/C15H15NO/c17-15(9-11-3-1-4-11)13-6-7-14-12(10-13)5-2-8-16-14/h2,5-8,10-11H,1,3-4,9H2. The van der Waals surface area contributed by atoms with Crippen LogP contribution in [0, 0.1) is 5.92 Å². The van der Waals surface area contributed by atoms with Gasteiger partial charge in [0.05, 0.1) is 5.52 Å². The van der Waals surface area contributed by atoms with E-state index in [1.54, 1.807) is 6.20 Å². The molecule has 0 N–H and O–H groups in total. The molecule has 1 aliphatic carbocycles. The van der Waals surface area contributed by atoms with Gasteiger partial charge >= 0.3 is 0 Å². The molecule has 3 rings (SSSR count). The molecule has 2 aromatic rings. The summed E-state index contributed by atoms with van der Waals surface area (Å²) in [6, 6.07) is 9.70. The number of carbonyl (C=O) groups is 1. The van der Waals surface area contributed by atoms with Gasteiger partial charge in [0.2, 0.25) is 0 Å². The van der Waals surface area contributed by atoms with Crippen LogP contribution in [-0.4, -0.2) is 10.8 Å². The molecule has 1 aromatic heterocycles. The van der Waals surface area contributed by atoms with E-state index in [9.17, 15) is 4.79 Å². The second-order valence-corrected chi connectivity index (χ2v) is 4.84. The molecule has 0 saturated heterocycles. The number of ketones is 1. The Hall–Kier alpha value is -1.70. The zero-order valence-corrected chi connectivity index (χ0v) is 9.73. The summed E-state index contributed by atoms with van der Waals surface area (Å²) >= 11 is 0. The van der Waals surface area contributed by atoms with Crippen molar-refractivity contribution in [2.24, 2.45) is 5.92 Å². The van der Waals surface area contributed by atoms with E-state index in [1.165, 1.54) is 19.3 Å². The van der Waals surface area contributed by atoms with Crippen LogP contribution in [0.25, 0.3) is 10.9 Å². The lowest BCUT2D eigenvalue weighted by molar-refractivity contribution is 0.0936. The number of nitrogens with zero attached hydrogens (tertiary/aromatic N) is 1. The average Bonchev–Trinajstić information content (AvgIpc) is 2.33. The van der Waals surface area contributed by atoms with Crippen molar-refractivity contribution in [2.75, 3.05) is 0 Å². The number of hydrogen-bond acceptors (Lipinski definition) is 2. The van der Waals surface area contributed by atoms with E-state index in [4.69, 9.17) is 0 Å². The molecule has 0 spiro atoms. The Morgan fingerprint density at radius 2 is 2.18 bits per heavy atom. The van der Waals surface area contributed by atoms with E-state index in [1.807, 2.05) is 30.3 Å². The molecule has 1 fully saturated rings. The van der Waals surface area contributed by atoms with Crippen molar-refractivity contribution >= 4 is 16.7 Å². The SMILES string of the molecule is O=C(CC1CCC1)c1ccc2ncccc2c1. The molecule has 2 heteroatoms. The molecule has 0 aliphatic heterocycles. The summed E-state index contributed by atoms with van der Waals surface area (Å²) in [6.07, 6.45) is 6.23. The summed E-state index contributed by atoms with van der Waals surface area (Å²) < 4.78 is 0. The highest BCUT2D eigenvalue weighted by Crippen LogP contribution is 2.30. The third-order valence-electron chi connectivity index (χ3n) is 3.62. The summed E-state index contributed by atoms with van der Waals surface area (Å²) in [4.78, 5) is 16.3. The third kappa shape index (κ3) is 2.07. The Labute approximate surface area is 101 Å². The van der Waals surface area contributed by atoms with Gasteiger partial charge in [0.15, 0.2) is 5.78 Å². The second kappa shape index (κ2) is 4.28. The number of carbonyl (C=O) groups excluding carboxylic acids is 1. The fourth-order valence-corrected chi connectivity index (χ4v) is 2.33. The average molecular weight is 225 g/mol. The Bertz CT molecular complexity index is 558. The Morgan fingerprint density at radius 3 is 2.94 bits per heavy atom. The molecular formula is C15H15NO. The lowest BCUT2D eigenvalue weighted by Crippen LogP contribution is -2.15. The summed E-state index contributed by atoms with van der Waals surface area (Å²) in [5.41, 5.74) is 1.78. The summed E-state index contributed by atoms with van der Waals surface area (Å²) in [5.74, 6) is 0.910. The number of Topliss-reactive ketones (excluding diaryl/α,β-unsaturated/α-hetero) is 1. The molecule has 1 saturated carbocycles. The van der Waals surface area contributed by atoms with E-state index < -0.39 is 0 Å². The van der Waals surface area contributed by atoms with Crippen LogP contribution in [0.2, 0.25) is 0 Å². The smallest absolute Gasteiger partial charge is 0.163 e. The molecule has 0 unspecified atom stereocenters. The van der Waals surface area contributed by atoms with Crippen molar-refractivity contribution in [1.82, 2.24) is 4.98 Å². The minimum Gasteiger partial charge on any atom is -0.294 e. The van der Waals surface area contributed by atoms with Gasteiger partial charge in [-0.1, -0.05) is 25.3 Å². The van der Waals surface area contributed by atoms with E-state index in [0.717, 1.165) is 16.5 Å².